The van der Waals surface area contributed by atoms with Crippen molar-refractivity contribution in [3.8, 4) is 101 Å². The van der Waals surface area contributed by atoms with Crippen LogP contribution in [0.25, 0.3) is 101 Å². The van der Waals surface area contributed by atoms with Gasteiger partial charge in [0.05, 0.1) is 0 Å². The fourth-order valence-corrected chi connectivity index (χ4v) is 14.6. The smallest absolute Gasteiger partial charge is 0.201 e. The summed E-state index contributed by atoms with van der Waals surface area (Å²) in [5, 5.41) is 0. The number of hydrogen-bond acceptors (Lipinski definition) is 0. The molecule has 520 valence electrons. The lowest BCUT2D eigenvalue weighted by atomic mass is 9.97. The number of benzene rings is 9. The summed E-state index contributed by atoms with van der Waals surface area (Å²) in [5.41, 5.74) is 40.0. The van der Waals surface area contributed by atoms with Gasteiger partial charge < -0.3 is 0 Å². The average molecular weight is 1370 g/mol. The predicted molar refractivity (Wildman–Crippen MR) is 436 cm³/mol. The van der Waals surface area contributed by atoms with Gasteiger partial charge >= 0.3 is 0 Å². The second kappa shape index (κ2) is 33.7. The van der Waals surface area contributed by atoms with Gasteiger partial charge in [0.2, 0.25) is 28.5 Å². The number of hydrogen-bond donors (Lipinski definition) is 0. The third-order valence-corrected chi connectivity index (χ3v) is 20.3. The Morgan fingerprint density at radius 3 is 0.779 bits per heavy atom. The summed E-state index contributed by atoms with van der Waals surface area (Å²) in [6, 6.07) is 89.2. The van der Waals surface area contributed by atoms with E-state index in [0.717, 1.165) is 16.8 Å². The van der Waals surface area contributed by atoms with Crippen LogP contribution in [0.3, 0.4) is 0 Å². The van der Waals surface area contributed by atoms with Gasteiger partial charge in [0.15, 0.2) is 31.0 Å². The Morgan fingerprint density at radius 1 is 0.221 bits per heavy atom. The van der Waals surface area contributed by atoms with E-state index in [9.17, 15) is 0 Å². The monoisotopic (exact) mass is 1370 g/mol. The first kappa shape index (κ1) is 69.8. The Morgan fingerprint density at radius 2 is 0.471 bits per heavy atom. The fraction of sp³-hybridized carbons (Fsp3) is 0.202. The summed E-state index contributed by atoms with van der Waals surface area (Å²) >= 11 is 0. The molecule has 104 heavy (non-hydrogen) atoms. The van der Waals surface area contributed by atoms with E-state index in [2.05, 4.69) is 370 Å². The second-order valence-electron chi connectivity index (χ2n) is 28.4. The first-order valence-electron chi connectivity index (χ1n) is 37.9. The van der Waals surface area contributed by atoms with Gasteiger partial charge in [-0.2, -0.15) is 0 Å². The minimum atomic E-state index is -2.07. The number of aryl methyl sites for hydroxylation is 19. The Balaban J connectivity index is 0.000000134. The molecule has 14 aromatic rings. The van der Waals surface area contributed by atoms with Crippen molar-refractivity contribution < 1.29 is 26.9 Å². The normalized spacial score (nSPS) is 11.8. The van der Waals surface area contributed by atoms with Gasteiger partial charge in [0, 0.05) is 90.1 Å². The van der Waals surface area contributed by atoms with Gasteiger partial charge in [-0.25, -0.2) is 22.8 Å². The Bertz CT molecular complexity index is 5330. The van der Waals surface area contributed by atoms with Crippen LogP contribution in [0.4, 0.5) is 0 Å². The Kier molecular flexibility index (Phi) is 22.6. The Labute approximate surface area is 625 Å². The molecule has 1 aliphatic rings. The average Bonchev–Trinajstić information content (AvgIpc) is 1.25. The molecule has 0 unspecified atom stereocenters. The number of pyridine rings is 5. The van der Waals surface area contributed by atoms with Crippen molar-refractivity contribution >= 4 is 0 Å². The lowest BCUT2D eigenvalue weighted by molar-refractivity contribution is -0.660. The van der Waals surface area contributed by atoms with Crippen molar-refractivity contribution in [3.63, 3.8) is 0 Å². The topological polar surface area (TPSA) is 19.4 Å². The zero-order valence-electron chi connectivity index (χ0n) is 67.0. The van der Waals surface area contributed by atoms with Gasteiger partial charge in [0.25, 0.3) is 0 Å². The quantitative estimate of drug-likeness (QED) is 0.128. The first-order valence-corrected chi connectivity index (χ1v) is 36.4. The number of nitrogens with zero attached hydrogens (tertiary/aromatic N) is 5. The zero-order valence-corrected chi connectivity index (χ0v) is 64.0. The minimum Gasteiger partial charge on any atom is -0.201 e. The van der Waals surface area contributed by atoms with E-state index in [1.807, 2.05) is 38.2 Å². The molecule has 5 heteroatoms. The molecule has 0 aliphatic heterocycles. The molecule has 0 spiro atoms. The summed E-state index contributed by atoms with van der Waals surface area (Å²) in [5.74, 6) is 0. The van der Waals surface area contributed by atoms with E-state index in [-0.39, 0.29) is 0 Å². The molecule has 0 N–H and O–H groups in total. The van der Waals surface area contributed by atoms with Crippen LogP contribution in [0.15, 0.2) is 286 Å². The van der Waals surface area contributed by atoms with Crippen LogP contribution in [0, 0.1) is 83.0 Å². The molecule has 5 aromatic heterocycles. The molecule has 9 aromatic carbocycles. The number of rotatable bonds is 9. The number of aromatic nitrogens is 5. The molecule has 0 atom stereocenters. The molecule has 1 aliphatic carbocycles. The molecule has 15 rings (SSSR count). The van der Waals surface area contributed by atoms with Gasteiger partial charge in [-0.1, -0.05) is 211 Å². The Hall–Kier alpha value is -11.3. The molecule has 0 bridgehead atoms. The van der Waals surface area contributed by atoms with Crippen LogP contribution < -0.4 is 22.8 Å². The van der Waals surface area contributed by atoms with Gasteiger partial charge in [-0.3, -0.25) is 0 Å². The standard InChI is InChI=1S/2C21H22N.2C20H20N.C17H20N/c2*1-15-10-11-19(16(2)12-15)21-13-17(3)20(14-22(21)4)18-8-6-5-7-9-18;2*1-15-9-7-8-12-18(15)20-13-16(2)19(14-21(20)3)17-10-5-4-6-11-17;1-12-7-8-16(13(2)9-12)17-10-14-5-4-6-15(14)11-18(17)3/h2*5-14H,1-4H3;2*4-14H,1-3H3;7-11H,4-6H2,1-3H3/q5*+1/i1D3;;;;. The summed E-state index contributed by atoms with van der Waals surface area (Å²) in [7, 11) is 10.5. The van der Waals surface area contributed by atoms with E-state index in [4.69, 9.17) is 4.11 Å². The van der Waals surface area contributed by atoms with Crippen molar-refractivity contribution in [3.05, 3.63) is 364 Å². The lowest BCUT2D eigenvalue weighted by Crippen LogP contribution is -2.31. The predicted octanol–water partition coefficient (Wildman–Crippen LogP) is 21.7. The second-order valence-corrected chi connectivity index (χ2v) is 28.4. The van der Waals surface area contributed by atoms with Crippen LogP contribution >= 0.6 is 0 Å². The van der Waals surface area contributed by atoms with Crippen molar-refractivity contribution in [2.45, 2.75) is 102 Å². The summed E-state index contributed by atoms with van der Waals surface area (Å²) in [4.78, 5) is 0. The zero-order chi connectivity index (χ0) is 76.2. The maximum atomic E-state index is 7.57. The molecule has 5 heterocycles. The van der Waals surface area contributed by atoms with E-state index in [0.29, 0.717) is 5.56 Å². The highest BCUT2D eigenvalue weighted by Gasteiger charge is 2.23. The minimum absolute atomic E-state index is 0.383. The first-order chi connectivity index (χ1) is 51.3. The van der Waals surface area contributed by atoms with Crippen molar-refractivity contribution in [2.75, 3.05) is 0 Å². The van der Waals surface area contributed by atoms with Crippen LogP contribution in [0.2, 0.25) is 0 Å². The lowest BCUT2D eigenvalue weighted by Gasteiger charge is -2.10. The van der Waals surface area contributed by atoms with Gasteiger partial charge in [-0.15, -0.1) is 0 Å². The van der Waals surface area contributed by atoms with E-state index < -0.39 is 6.85 Å². The molecule has 5 nitrogen and oxygen atoms in total. The molecule has 0 saturated heterocycles. The molecule has 0 amide bonds. The van der Waals surface area contributed by atoms with Crippen LogP contribution in [0.5, 0.6) is 0 Å². The highest BCUT2D eigenvalue weighted by molar-refractivity contribution is 5.74. The van der Waals surface area contributed by atoms with Crippen molar-refractivity contribution in [1.29, 1.82) is 0 Å². The molecule has 0 saturated carbocycles. The highest BCUT2D eigenvalue weighted by Crippen LogP contribution is 2.33. The molecule has 0 fully saturated rings. The highest BCUT2D eigenvalue weighted by atomic mass is 14.9. The van der Waals surface area contributed by atoms with Crippen LogP contribution in [-0.2, 0) is 48.1 Å². The largest absolute Gasteiger partial charge is 0.212 e. The van der Waals surface area contributed by atoms with Gasteiger partial charge in [0.1, 0.15) is 35.2 Å². The summed E-state index contributed by atoms with van der Waals surface area (Å²) < 4.78 is 33.8. The van der Waals surface area contributed by atoms with Crippen LogP contribution in [-0.4, -0.2) is 0 Å². The third kappa shape index (κ3) is 17.6. The van der Waals surface area contributed by atoms with Gasteiger partial charge in [-0.05, 0) is 210 Å². The fourth-order valence-electron chi connectivity index (χ4n) is 14.6. The maximum absolute atomic E-state index is 7.57. The molecular formula is C99H104N5+5. The van der Waals surface area contributed by atoms with Crippen molar-refractivity contribution in [2.24, 2.45) is 35.2 Å². The van der Waals surface area contributed by atoms with Crippen LogP contribution in [0.1, 0.15) is 88.4 Å². The van der Waals surface area contributed by atoms with E-state index >= 15 is 0 Å². The number of fused-ring (bicyclic) bond motifs is 1. The van der Waals surface area contributed by atoms with E-state index in [1.54, 1.807) is 17.7 Å². The maximum Gasteiger partial charge on any atom is 0.212 e. The summed E-state index contributed by atoms with van der Waals surface area (Å²) in [6.07, 6.45) is 14.9. The SMILES string of the molecule is Cc1cc(-c2ccccc2C)[n+](C)cc1-c1ccccc1.Cc1cc(-c2ccccc2C)[n+](C)cc1-c1ccccc1.Cc1ccc(-c2cc(C)c(-c3ccccc3)c[n+]2C)c(C)c1.Cc1ccc(-c2cc3c(c[n+]2C)CCC3)c(C)c1.[2H]C([2H])([2H])c1ccc(-c2cc(C)c(-c3ccccc3)c[n+]2C)c(C)c1. The third-order valence-electron chi connectivity index (χ3n) is 20.3. The van der Waals surface area contributed by atoms with Crippen molar-refractivity contribution in [1.82, 2.24) is 0 Å². The molecular weight excluding hydrogens is 1260 g/mol. The molecule has 0 radical (unpaired) electrons. The summed E-state index contributed by atoms with van der Waals surface area (Å²) in [6.45, 7) is 21.6. The van der Waals surface area contributed by atoms with E-state index in [1.165, 1.54) is 170 Å².